The van der Waals surface area contributed by atoms with E-state index in [1.165, 1.54) is 64.2 Å². The molecule has 0 aromatic heterocycles. The highest BCUT2D eigenvalue weighted by Crippen LogP contribution is 2.29. The van der Waals surface area contributed by atoms with Gasteiger partial charge >= 0.3 is 0 Å². The lowest BCUT2D eigenvalue weighted by Gasteiger charge is -2.41. The SMILES string of the molecule is CCCCC/C=C\C/C=C\CCCCCCCCOCC1(C)COC(C)(C)OC1. The van der Waals surface area contributed by atoms with Crippen molar-refractivity contribution in [2.75, 3.05) is 26.4 Å². The molecule has 0 aliphatic carbocycles. The summed E-state index contributed by atoms with van der Waals surface area (Å²) in [6, 6.07) is 0. The normalized spacial score (nSPS) is 18.8. The first-order chi connectivity index (χ1) is 14.0. The molecule has 0 saturated carbocycles. The summed E-state index contributed by atoms with van der Waals surface area (Å²) in [6.45, 7) is 11.4. The van der Waals surface area contributed by atoms with Gasteiger partial charge in [0.05, 0.1) is 19.8 Å². The summed E-state index contributed by atoms with van der Waals surface area (Å²) in [4.78, 5) is 0. The zero-order chi connectivity index (χ0) is 21.3. The van der Waals surface area contributed by atoms with E-state index in [1.807, 2.05) is 13.8 Å². The quantitative estimate of drug-likeness (QED) is 0.183. The third kappa shape index (κ3) is 14.9. The first kappa shape index (κ1) is 26.4. The van der Waals surface area contributed by atoms with Crippen LogP contribution in [0.4, 0.5) is 0 Å². The summed E-state index contributed by atoms with van der Waals surface area (Å²) in [5.74, 6) is -0.444. The molecule has 1 heterocycles. The van der Waals surface area contributed by atoms with Crippen molar-refractivity contribution in [3.63, 3.8) is 0 Å². The van der Waals surface area contributed by atoms with E-state index in [0.29, 0.717) is 13.2 Å². The fourth-order valence-electron chi connectivity index (χ4n) is 3.37. The number of hydrogen-bond acceptors (Lipinski definition) is 3. The number of rotatable bonds is 17. The molecule has 1 aliphatic heterocycles. The second kappa shape index (κ2) is 16.1. The van der Waals surface area contributed by atoms with E-state index in [0.717, 1.165) is 26.1 Å². The Balaban J connectivity index is 1.83. The van der Waals surface area contributed by atoms with Crippen molar-refractivity contribution in [2.24, 2.45) is 5.41 Å². The van der Waals surface area contributed by atoms with Crippen molar-refractivity contribution >= 4 is 0 Å². The van der Waals surface area contributed by atoms with E-state index < -0.39 is 5.79 Å². The minimum Gasteiger partial charge on any atom is -0.381 e. The first-order valence-corrected chi connectivity index (χ1v) is 12.1. The summed E-state index contributed by atoms with van der Waals surface area (Å²) >= 11 is 0. The van der Waals surface area contributed by atoms with Gasteiger partial charge in [-0.3, -0.25) is 0 Å². The van der Waals surface area contributed by atoms with Crippen molar-refractivity contribution in [2.45, 2.75) is 111 Å². The zero-order valence-electron chi connectivity index (χ0n) is 19.8. The van der Waals surface area contributed by atoms with E-state index in [4.69, 9.17) is 14.2 Å². The molecule has 1 saturated heterocycles. The molecule has 0 bridgehead atoms. The van der Waals surface area contributed by atoms with Gasteiger partial charge in [-0.25, -0.2) is 0 Å². The highest BCUT2D eigenvalue weighted by molar-refractivity contribution is 4.92. The van der Waals surface area contributed by atoms with Crippen molar-refractivity contribution in [3.8, 4) is 0 Å². The molecule has 1 rings (SSSR count). The van der Waals surface area contributed by atoms with Gasteiger partial charge in [-0.1, -0.05) is 76.7 Å². The Morgan fingerprint density at radius 1 is 0.724 bits per heavy atom. The first-order valence-electron chi connectivity index (χ1n) is 12.1. The molecule has 0 unspecified atom stereocenters. The highest BCUT2D eigenvalue weighted by Gasteiger charge is 2.36. The fraction of sp³-hybridized carbons (Fsp3) is 0.846. The van der Waals surface area contributed by atoms with Gasteiger partial charge in [0.15, 0.2) is 5.79 Å². The molecular formula is C26H48O3. The Hall–Kier alpha value is -0.640. The molecule has 3 nitrogen and oxygen atoms in total. The molecule has 0 N–H and O–H groups in total. The lowest BCUT2D eigenvalue weighted by atomic mass is 9.93. The van der Waals surface area contributed by atoms with Gasteiger partial charge in [0, 0.05) is 12.0 Å². The number of unbranched alkanes of at least 4 members (excludes halogenated alkanes) is 9. The summed E-state index contributed by atoms with van der Waals surface area (Å²) in [6.07, 6.45) is 24.7. The van der Waals surface area contributed by atoms with Gasteiger partial charge in [-0.15, -0.1) is 0 Å². The minimum absolute atomic E-state index is 0.00607. The summed E-state index contributed by atoms with van der Waals surface area (Å²) in [5, 5.41) is 0. The Kier molecular flexibility index (Phi) is 14.7. The van der Waals surface area contributed by atoms with Crippen molar-refractivity contribution in [1.82, 2.24) is 0 Å². The molecule has 3 heteroatoms. The van der Waals surface area contributed by atoms with Crippen LogP contribution in [0.15, 0.2) is 24.3 Å². The van der Waals surface area contributed by atoms with E-state index in [-0.39, 0.29) is 5.41 Å². The molecule has 0 spiro atoms. The third-order valence-corrected chi connectivity index (χ3v) is 5.48. The van der Waals surface area contributed by atoms with Crippen LogP contribution in [-0.2, 0) is 14.2 Å². The maximum Gasteiger partial charge on any atom is 0.162 e. The molecular weight excluding hydrogens is 360 g/mol. The maximum atomic E-state index is 5.89. The average molecular weight is 409 g/mol. The second-order valence-electron chi connectivity index (χ2n) is 9.42. The smallest absolute Gasteiger partial charge is 0.162 e. The molecule has 0 aromatic rings. The minimum atomic E-state index is -0.444. The van der Waals surface area contributed by atoms with Crippen LogP contribution in [0.3, 0.4) is 0 Å². The monoisotopic (exact) mass is 408 g/mol. The Morgan fingerprint density at radius 2 is 1.28 bits per heavy atom. The van der Waals surface area contributed by atoms with Crippen LogP contribution in [0.2, 0.25) is 0 Å². The Bertz CT molecular complexity index is 429. The van der Waals surface area contributed by atoms with Crippen LogP contribution in [0.1, 0.15) is 105 Å². The van der Waals surface area contributed by atoms with Crippen molar-refractivity contribution < 1.29 is 14.2 Å². The third-order valence-electron chi connectivity index (χ3n) is 5.48. The standard InChI is InChI=1S/C26H48O3/c1-5-6-7-8-9-10-11-12-13-14-15-16-17-18-19-20-21-27-22-26(4)23-28-25(2,3)29-24-26/h9-10,12-13H,5-8,11,14-24H2,1-4H3/b10-9-,13-12-. The zero-order valence-corrected chi connectivity index (χ0v) is 19.8. The maximum absolute atomic E-state index is 5.89. The predicted molar refractivity (Wildman–Crippen MR) is 124 cm³/mol. The Labute approximate surface area is 181 Å². The Morgan fingerprint density at radius 3 is 1.90 bits per heavy atom. The fourth-order valence-corrected chi connectivity index (χ4v) is 3.37. The van der Waals surface area contributed by atoms with Crippen LogP contribution in [0.25, 0.3) is 0 Å². The van der Waals surface area contributed by atoms with Crippen molar-refractivity contribution in [1.29, 1.82) is 0 Å². The second-order valence-corrected chi connectivity index (χ2v) is 9.42. The van der Waals surface area contributed by atoms with Gasteiger partial charge in [-0.2, -0.15) is 0 Å². The number of hydrogen-bond donors (Lipinski definition) is 0. The summed E-state index contributed by atoms with van der Waals surface area (Å²) in [7, 11) is 0. The highest BCUT2D eigenvalue weighted by atomic mass is 16.7. The molecule has 1 aliphatic rings. The lowest BCUT2D eigenvalue weighted by Crippen LogP contribution is -2.47. The topological polar surface area (TPSA) is 27.7 Å². The summed E-state index contributed by atoms with van der Waals surface area (Å²) in [5.41, 5.74) is -0.00607. The van der Waals surface area contributed by atoms with Crippen LogP contribution < -0.4 is 0 Å². The lowest BCUT2D eigenvalue weighted by molar-refractivity contribution is -0.288. The van der Waals surface area contributed by atoms with Crippen LogP contribution in [0, 0.1) is 5.41 Å². The number of ether oxygens (including phenoxy) is 3. The predicted octanol–water partition coefficient (Wildman–Crippen LogP) is 7.61. The van der Waals surface area contributed by atoms with E-state index >= 15 is 0 Å². The largest absolute Gasteiger partial charge is 0.381 e. The van der Waals surface area contributed by atoms with Crippen LogP contribution in [-0.4, -0.2) is 32.2 Å². The molecule has 0 atom stereocenters. The molecule has 170 valence electrons. The van der Waals surface area contributed by atoms with Gasteiger partial charge in [-0.05, 0) is 52.4 Å². The molecule has 1 fully saturated rings. The van der Waals surface area contributed by atoms with Crippen molar-refractivity contribution in [3.05, 3.63) is 24.3 Å². The van der Waals surface area contributed by atoms with Crippen LogP contribution >= 0.6 is 0 Å². The summed E-state index contributed by atoms with van der Waals surface area (Å²) < 4.78 is 17.4. The van der Waals surface area contributed by atoms with Gasteiger partial charge in [0.25, 0.3) is 0 Å². The average Bonchev–Trinajstić information content (AvgIpc) is 2.70. The van der Waals surface area contributed by atoms with E-state index in [1.54, 1.807) is 0 Å². The van der Waals surface area contributed by atoms with Gasteiger partial charge < -0.3 is 14.2 Å². The number of allylic oxidation sites excluding steroid dienone is 4. The van der Waals surface area contributed by atoms with E-state index in [2.05, 4.69) is 38.2 Å². The molecule has 29 heavy (non-hydrogen) atoms. The van der Waals surface area contributed by atoms with Gasteiger partial charge in [0.1, 0.15) is 0 Å². The van der Waals surface area contributed by atoms with Crippen LogP contribution in [0.5, 0.6) is 0 Å². The molecule has 0 amide bonds. The van der Waals surface area contributed by atoms with Gasteiger partial charge in [0.2, 0.25) is 0 Å². The molecule has 0 aromatic carbocycles. The molecule has 0 radical (unpaired) electrons. The van der Waals surface area contributed by atoms with E-state index in [9.17, 15) is 0 Å².